The van der Waals surface area contributed by atoms with Gasteiger partial charge in [0, 0.05) is 25.2 Å². The third-order valence-corrected chi connectivity index (χ3v) is 6.43. The predicted molar refractivity (Wildman–Crippen MR) is 133 cm³/mol. The highest BCUT2D eigenvalue weighted by atomic mass is 35.5. The molecule has 0 aliphatic carbocycles. The highest BCUT2D eigenvalue weighted by Crippen LogP contribution is 2.37. The molecule has 1 aliphatic heterocycles. The minimum Gasteiger partial charge on any atom is -0.496 e. The molecule has 2 heterocycles. The van der Waals surface area contributed by atoms with Crippen LogP contribution in [0.15, 0.2) is 45.6 Å². The van der Waals surface area contributed by atoms with E-state index in [4.69, 9.17) is 35.3 Å². The molecule has 0 saturated carbocycles. The van der Waals surface area contributed by atoms with Crippen LogP contribution in [0.25, 0.3) is 22.3 Å². The Morgan fingerprint density at radius 2 is 2.03 bits per heavy atom. The van der Waals surface area contributed by atoms with Crippen molar-refractivity contribution in [2.24, 2.45) is 5.92 Å². The van der Waals surface area contributed by atoms with Gasteiger partial charge in [0.25, 0.3) is 0 Å². The van der Waals surface area contributed by atoms with E-state index in [2.05, 4.69) is 4.90 Å². The number of hydrogen-bond acceptors (Lipinski definition) is 7. The molecule has 1 aliphatic rings. The van der Waals surface area contributed by atoms with Gasteiger partial charge in [-0.2, -0.15) is 0 Å². The molecule has 4 rings (SSSR count). The molecule has 1 aromatic heterocycles. The van der Waals surface area contributed by atoms with Crippen LogP contribution in [0.1, 0.15) is 12.0 Å². The third-order valence-electron chi connectivity index (χ3n) is 6.13. The number of carbonyl (C=O) groups is 1. The number of aliphatic carboxylic acids is 1. The lowest BCUT2D eigenvalue weighted by atomic mass is 10.1. The molecule has 35 heavy (non-hydrogen) atoms. The van der Waals surface area contributed by atoms with Crippen molar-refractivity contribution in [3.8, 4) is 22.8 Å². The second kappa shape index (κ2) is 11.1. The van der Waals surface area contributed by atoms with Crippen LogP contribution >= 0.6 is 11.6 Å². The van der Waals surface area contributed by atoms with Gasteiger partial charge < -0.3 is 28.6 Å². The van der Waals surface area contributed by atoms with Crippen molar-refractivity contribution in [1.29, 1.82) is 0 Å². The van der Waals surface area contributed by atoms with Gasteiger partial charge in [-0.1, -0.05) is 17.7 Å². The van der Waals surface area contributed by atoms with Crippen LogP contribution in [0.5, 0.6) is 11.5 Å². The van der Waals surface area contributed by atoms with E-state index in [9.17, 15) is 9.59 Å². The lowest BCUT2D eigenvalue weighted by Gasteiger charge is -2.16. The van der Waals surface area contributed by atoms with Gasteiger partial charge in [-0.25, -0.2) is 0 Å². The number of rotatable bonds is 10. The summed E-state index contributed by atoms with van der Waals surface area (Å²) in [5, 5.41) is 9.88. The summed E-state index contributed by atoms with van der Waals surface area (Å²) in [5.41, 5.74) is 1.60. The molecule has 1 fully saturated rings. The maximum atomic E-state index is 12.7. The molecule has 186 valence electrons. The summed E-state index contributed by atoms with van der Waals surface area (Å²) in [7, 11) is 1.58. The number of carboxylic acids is 1. The van der Waals surface area contributed by atoms with Crippen LogP contribution < -0.4 is 14.9 Å². The predicted octanol–water partition coefficient (Wildman–Crippen LogP) is 4.23. The number of fused-ring (bicyclic) bond motifs is 1. The Kier molecular flexibility index (Phi) is 7.95. The van der Waals surface area contributed by atoms with Crippen LogP contribution in [-0.4, -0.2) is 62.5 Å². The fraction of sp³-hybridized carbons (Fsp3) is 0.385. The SMILES string of the molecule is COc1cc(OCCOCCN2CC[C@H](C(=O)O)C2)c(-c2cc(=O)c3cccc(Cl)c3o2)cc1C. The van der Waals surface area contributed by atoms with Crippen LogP contribution in [0.3, 0.4) is 0 Å². The van der Waals surface area contributed by atoms with E-state index in [1.807, 2.05) is 13.0 Å². The van der Waals surface area contributed by atoms with Gasteiger partial charge in [0.2, 0.25) is 0 Å². The van der Waals surface area contributed by atoms with Crippen molar-refractivity contribution in [3.63, 3.8) is 0 Å². The number of aryl methyl sites for hydroxylation is 1. The quantitative estimate of drug-likeness (QED) is 0.412. The number of benzene rings is 2. The molecule has 1 atom stereocenters. The number of para-hydroxylation sites is 1. The number of methoxy groups -OCH3 is 1. The Bertz CT molecular complexity index is 1270. The van der Waals surface area contributed by atoms with Crippen molar-refractivity contribution in [1.82, 2.24) is 4.90 Å². The number of halogens is 1. The second-order valence-electron chi connectivity index (χ2n) is 8.49. The summed E-state index contributed by atoms with van der Waals surface area (Å²) < 4.78 is 23.2. The molecular formula is C26H28ClNO7. The first-order valence-electron chi connectivity index (χ1n) is 11.4. The van der Waals surface area contributed by atoms with Crippen LogP contribution in [-0.2, 0) is 9.53 Å². The zero-order valence-corrected chi connectivity index (χ0v) is 20.5. The van der Waals surface area contributed by atoms with Gasteiger partial charge in [0.05, 0.1) is 42.2 Å². The minimum atomic E-state index is -0.740. The van der Waals surface area contributed by atoms with Crippen LogP contribution in [0, 0.1) is 12.8 Å². The monoisotopic (exact) mass is 501 g/mol. The number of likely N-dealkylation sites (tertiary alicyclic amines) is 1. The van der Waals surface area contributed by atoms with Crippen molar-refractivity contribution in [2.45, 2.75) is 13.3 Å². The Balaban J connectivity index is 1.44. The van der Waals surface area contributed by atoms with Gasteiger partial charge >= 0.3 is 5.97 Å². The minimum absolute atomic E-state index is 0.196. The van der Waals surface area contributed by atoms with E-state index in [0.717, 1.165) is 12.1 Å². The molecule has 0 spiro atoms. The normalized spacial score (nSPS) is 16.0. The Labute approximate surface area is 208 Å². The second-order valence-corrected chi connectivity index (χ2v) is 8.90. The maximum absolute atomic E-state index is 12.7. The zero-order valence-electron chi connectivity index (χ0n) is 19.7. The van der Waals surface area contributed by atoms with E-state index < -0.39 is 5.97 Å². The molecule has 9 heteroatoms. The van der Waals surface area contributed by atoms with Crippen LogP contribution in [0.4, 0.5) is 0 Å². The first kappa shape index (κ1) is 25.0. The summed E-state index contributed by atoms with van der Waals surface area (Å²) >= 11 is 6.28. The maximum Gasteiger partial charge on any atom is 0.307 e. The van der Waals surface area contributed by atoms with Gasteiger partial charge in [-0.05, 0) is 43.7 Å². The van der Waals surface area contributed by atoms with Gasteiger partial charge in [-0.3, -0.25) is 9.59 Å². The van der Waals surface area contributed by atoms with Crippen molar-refractivity contribution in [3.05, 3.63) is 57.2 Å². The van der Waals surface area contributed by atoms with Gasteiger partial charge in [0.15, 0.2) is 11.0 Å². The molecule has 0 bridgehead atoms. The van der Waals surface area contributed by atoms with E-state index in [1.54, 1.807) is 31.4 Å². The fourth-order valence-corrected chi connectivity index (χ4v) is 4.43. The largest absolute Gasteiger partial charge is 0.496 e. The standard InChI is InChI=1S/C26H28ClNO7/c1-16-12-19(24-13-21(29)18-4-3-5-20(27)25(18)35-24)23(14-22(16)32-2)34-11-10-33-9-8-28-7-6-17(15-28)26(30)31/h3-5,12-14,17H,6-11,15H2,1-2H3,(H,30,31)/t17-/m0/s1. The molecule has 1 saturated heterocycles. The third kappa shape index (κ3) is 5.78. The van der Waals surface area contributed by atoms with Crippen LogP contribution in [0.2, 0.25) is 5.02 Å². The number of hydrogen-bond donors (Lipinski definition) is 1. The molecule has 1 N–H and O–H groups in total. The van der Waals surface area contributed by atoms with E-state index in [-0.39, 0.29) is 18.0 Å². The molecular weight excluding hydrogens is 474 g/mol. The summed E-state index contributed by atoms with van der Waals surface area (Å²) in [6, 6.07) is 10.1. The Morgan fingerprint density at radius 3 is 2.77 bits per heavy atom. The smallest absolute Gasteiger partial charge is 0.307 e. The number of nitrogens with zero attached hydrogens (tertiary/aromatic N) is 1. The molecule has 0 amide bonds. The van der Waals surface area contributed by atoms with Gasteiger partial charge in [0.1, 0.15) is 23.9 Å². The van der Waals surface area contributed by atoms with E-state index in [1.165, 1.54) is 6.07 Å². The first-order chi connectivity index (χ1) is 16.9. The summed E-state index contributed by atoms with van der Waals surface area (Å²) in [5.74, 6) is 0.454. The first-order valence-corrected chi connectivity index (χ1v) is 11.8. The Morgan fingerprint density at radius 1 is 1.20 bits per heavy atom. The summed E-state index contributed by atoms with van der Waals surface area (Å²) in [6.45, 7) is 5.00. The molecule has 8 nitrogen and oxygen atoms in total. The lowest BCUT2D eigenvalue weighted by Crippen LogP contribution is -2.27. The summed E-state index contributed by atoms with van der Waals surface area (Å²) in [4.78, 5) is 25.9. The van der Waals surface area contributed by atoms with Crippen molar-refractivity contribution in [2.75, 3.05) is 46.6 Å². The van der Waals surface area contributed by atoms with E-state index >= 15 is 0 Å². The average molecular weight is 502 g/mol. The topological polar surface area (TPSA) is 98.4 Å². The summed E-state index contributed by atoms with van der Waals surface area (Å²) in [6.07, 6.45) is 0.673. The van der Waals surface area contributed by atoms with Crippen molar-refractivity contribution < 1.29 is 28.5 Å². The van der Waals surface area contributed by atoms with E-state index in [0.29, 0.717) is 71.5 Å². The number of ether oxygens (including phenoxy) is 3. The lowest BCUT2D eigenvalue weighted by molar-refractivity contribution is -0.141. The molecule has 2 aromatic carbocycles. The zero-order chi connectivity index (χ0) is 24.9. The van der Waals surface area contributed by atoms with Gasteiger partial charge in [-0.15, -0.1) is 0 Å². The molecule has 3 aromatic rings. The fourth-order valence-electron chi connectivity index (χ4n) is 4.22. The highest BCUT2D eigenvalue weighted by Gasteiger charge is 2.27. The molecule has 0 radical (unpaired) electrons. The number of carboxylic acid groups (broad SMARTS) is 1. The average Bonchev–Trinajstić information content (AvgIpc) is 3.32. The van der Waals surface area contributed by atoms with Crippen molar-refractivity contribution >= 4 is 28.5 Å². The molecule has 0 unspecified atom stereocenters. The highest BCUT2D eigenvalue weighted by molar-refractivity contribution is 6.34. The Hall–Kier alpha value is -3.07.